The zero-order valence-corrected chi connectivity index (χ0v) is 6.74. The fourth-order valence-corrected chi connectivity index (χ4v) is 2.00. The lowest BCUT2D eigenvalue weighted by atomic mass is 9.98. The molecule has 0 amide bonds. The highest BCUT2D eigenvalue weighted by molar-refractivity contribution is 8.00. The van der Waals surface area contributed by atoms with Crippen LogP contribution in [0.5, 0.6) is 0 Å². The maximum Gasteiger partial charge on any atom is 0.153 e. The lowest BCUT2D eigenvalue weighted by molar-refractivity contribution is -0.130. The molecule has 10 heavy (non-hydrogen) atoms. The zero-order chi connectivity index (χ0) is 7.56. The Morgan fingerprint density at radius 1 is 1.40 bits per heavy atom. The summed E-state index contributed by atoms with van der Waals surface area (Å²) in [5.41, 5.74) is 0. The molecule has 1 aliphatic heterocycles. The molecule has 0 aromatic rings. The summed E-state index contributed by atoms with van der Waals surface area (Å²) in [5.74, 6) is 1.02. The molecule has 3 heteroatoms. The summed E-state index contributed by atoms with van der Waals surface area (Å²) in [6.45, 7) is 1.89. The molecule has 1 heterocycles. The average Bonchev–Trinajstić information content (AvgIpc) is 1.88. The van der Waals surface area contributed by atoms with Gasteiger partial charge in [0.15, 0.2) is 11.6 Å². The average molecular weight is 158 g/mol. The van der Waals surface area contributed by atoms with Crippen LogP contribution < -0.4 is 0 Å². The Kier molecular flexibility index (Phi) is 2.49. The number of ketones is 2. The SMILES string of the molecule is CCC1C(=O)CSCC1=O. The Hall–Kier alpha value is -0.310. The Bertz CT molecular complexity index is 149. The number of thioether (sulfide) groups is 1. The summed E-state index contributed by atoms with van der Waals surface area (Å²) in [5, 5.41) is 0. The third-order valence-electron chi connectivity index (χ3n) is 1.67. The van der Waals surface area contributed by atoms with Gasteiger partial charge in [0.25, 0.3) is 0 Å². The van der Waals surface area contributed by atoms with Crippen LogP contribution in [-0.4, -0.2) is 23.1 Å². The van der Waals surface area contributed by atoms with E-state index in [1.165, 1.54) is 11.8 Å². The van der Waals surface area contributed by atoms with Gasteiger partial charge in [0, 0.05) is 0 Å². The van der Waals surface area contributed by atoms with Crippen molar-refractivity contribution in [1.29, 1.82) is 0 Å². The van der Waals surface area contributed by atoms with E-state index in [0.29, 0.717) is 17.9 Å². The number of hydrogen-bond acceptors (Lipinski definition) is 3. The van der Waals surface area contributed by atoms with E-state index in [0.717, 1.165) is 0 Å². The second-order valence-corrected chi connectivity index (χ2v) is 3.37. The summed E-state index contributed by atoms with van der Waals surface area (Å²) >= 11 is 1.43. The number of rotatable bonds is 1. The van der Waals surface area contributed by atoms with Crippen LogP contribution in [0.3, 0.4) is 0 Å². The Balaban J connectivity index is 2.62. The topological polar surface area (TPSA) is 34.1 Å². The van der Waals surface area contributed by atoms with Crippen molar-refractivity contribution in [3.8, 4) is 0 Å². The molecular weight excluding hydrogens is 148 g/mol. The highest BCUT2D eigenvalue weighted by Gasteiger charge is 2.28. The van der Waals surface area contributed by atoms with E-state index in [1.807, 2.05) is 6.92 Å². The van der Waals surface area contributed by atoms with Crippen LogP contribution in [0, 0.1) is 5.92 Å². The van der Waals surface area contributed by atoms with E-state index < -0.39 is 0 Å². The van der Waals surface area contributed by atoms with Gasteiger partial charge in [-0.3, -0.25) is 9.59 Å². The minimum absolute atomic E-state index is 0.115. The van der Waals surface area contributed by atoms with Gasteiger partial charge in [-0.15, -0.1) is 11.8 Å². The van der Waals surface area contributed by atoms with E-state index in [4.69, 9.17) is 0 Å². The molecule has 0 bridgehead atoms. The predicted octanol–water partition coefficient (Wildman–Crippen LogP) is 0.898. The van der Waals surface area contributed by atoms with Gasteiger partial charge in [-0.2, -0.15) is 0 Å². The molecule has 1 aliphatic rings. The molecule has 1 saturated heterocycles. The van der Waals surface area contributed by atoms with Crippen LogP contribution in [0.1, 0.15) is 13.3 Å². The van der Waals surface area contributed by atoms with Crippen molar-refractivity contribution in [3.05, 3.63) is 0 Å². The van der Waals surface area contributed by atoms with Crippen LogP contribution in [-0.2, 0) is 9.59 Å². The molecule has 0 N–H and O–H groups in total. The third-order valence-corrected chi connectivity index (χ3v) is 2.65. The summed E-state index contributed by atoms with van der Waals surface area (Å²) in [6, 6.07) is 0. The van der Waals surface area contributed by atoms with E-state index >= 15 is 0 Å². The van der Waals surface area contributed by atoms with Crippen molar-refractivity contribution in [3.63, 3.8) is 0 Å². The molecular formula is C7H10O2S. The monoisotopic (exact) mass is 158 g/mol. The molecule has 0 aromatic carbocycles. The molecule has 1 rings (SSSR count). The van der Waals surface area contributed by atoms with Crippen LogP contribution in [0.25, 0.3) is 0 Å². The minimum atomic E-state index is -0.277. The smallest absolute Gasteiger partial charge is 0.153 e. The second-order valence-electron chi connectivity index (χ2n) is 2.39. The third kappa shape index (κ3) is 1.40. The van der Waals surface area contributed by atoms with Gasteiger partial charge in [0.2, 0.25) is 0 Å². The van der Waals surface area contributed by atoms with E-state index in [9.17, 15) is 9.59 Å². The second kappa shape index (κ2) is 3.19. The first-order chi connectivity index (χ1) is 4.75. The molecule has 0 aliphatic carbocycles. The van der Waals surface area contributed by atoms with Crippen LogP contribution in [0.2, 0.25) is 0 Å². The first-order valence-electron chi connectivity index (χ1n) is 3.39. The van der Waals surface area contributed by atoms with Crippen LogP contribution >= 0.6 is 11.8 Å². The summed E-state index contributed by atoms with van der Waals surface area (Å²) < 4.78 is 0. The molecule has 0 radical (unpaired) electrons. The number of carbonyl (C=O) groups is 2. The van der Waals surface area contributed by atoms with Crippen molar-refractivity contribution < 1.29 is 9.59 Å². The minimum Gasteiger partial charge on any atom is -0.298 e. The van der Waals surface area contributed by atoms with Gasteiger partial charge in [-0.25, -0.2) is 0 Å². The molecule has 0 atom stereocenters. The molecule has 0 spiro atoms. The standard InChI is InChI=1S/C7H10O2S/c1-2-5-6(8)3-10-4-7(5)9/h5H,2-4H2,1H3. The molecule has 0 saturated carbocycles. The molecule has 0 unspecified atom stereocenters. The van der Waals surface area contributed by atoms with E-state index in [-0.39, 0.29) is 17.5 Å². The molecule has 1 fully saturated rings. The highest BCUT2D eigenvalue weighted by Crippen LogP contribution is 2.18. The quantitative estimate of drug-likeness (QED) is 0.532. The largest absolute Gasteiger partial charge is 0.298 e. The first kappa shape index (κ1) is 7.79. The molecule has 2 nitrogen and oxygen atoms in total. The van der Waals surface area contributed by atoms with Gasteiger partial charge in [0.1, 0.15) is 0 Å². The van der Waals surface area contributed by atoms with Gasteiger partial charge in [-0.1, -0.05) is 6.92 Å². The highest BCUT2D eigenvalue weighted by atomic mass is 32.2. The van der Waals surface area contributed by atoms with Crippen molar-refractivity contribution in [1.82, 2.24) is 0 Å². The number of Topliss-reactive ketones (excluding diaryl/α,β-unsaturated/α-hetero) is 2. The van der Waals surface area contributed by atoms with Crippen LogP contribution in [0.15, 0.2) is 0 Å². The van der Waals surface area contributed by atoms with Gasteiger partial charge < -0.3 is 0 Å². The molecule has 0 aromatic heterocycles. The van der Waals surface area contributed by atoms with Crippen molar-refractivity contribution in [2.75, 3.05) is 11.5 Å². The maximum atomic E-state index is 11.0. The Labute approximate surface area is 64.4 Å². The zero-order valence-electron chi connectivity index (χ0n) is 5.92. The molecule has 56 valence electrons. The van der Waals surface area contributed by atoms with Gasteiger partial charge >= 0.3 is 0 Å². The van der Waals surface area contributed by atoms with Crippen molar-refractivity contribution in [2.24, 2.45) is 5.92 Å². The van der Waals surface area contributed by atoms with Gasteiger partial charge in [-0.05, 0) is 6.42 Å². The van der Waals surface area contributed by atoms with E-state index in [2.05, 4.69) is 0 Å². The Morgan fingerprint density at radius 3 is 2.20 bits per heavy atom. The van der Waals surface area contributed by atoms with E-state index in [1.54, 1.807) is 0 Å². The fraction of sp³-hybridized carbons (Fsp3) is 0.714. The number of hydrogen-bond donors (Lipinski definition) is 0. The number of carbonyl (C=O) groups excluding carboxylic acids is 2. The lowest BCUT2D eigenvalue weighted by Crippen LogP contribution is -2.31. The van der Waals surface area contributed by atoms with Crippen molar-refractivity contribution in [2.45, 2.75) is 13.3 Å². The summed E-state index contributed by atoms with van der Waals surface area (Å²) in [6.07, 6.45) is 0.679. The maximum absolute atomic E-state index is 11.0. The lowest BCUT2D eigenvalue weighted by Gasteiger charge is -2.16. The van der Waals surface area contributed by atoms with Crippen LogP contribution in [0.4, 0.5) is 0 Å². The Morgan fingerprint density at radius 2 is 1.90 bits per heavy atom. The summed E-state index contributed by atoms with van der Waals surface area (Å²) in [7, 11) is 0. The predicted molar refractivity (Wildman–Crippen MR) is 41.1 cm³/mol. The first-order valence-corrected chi connectivity index (χ1v) is 4.54. The normalized spacial score (nSPS) is 21.7. The van der Waals surface area contributed by atoms with Gasteiger partial charge in [0.05, 0.1) is 17.4 Å². The summed E-state index contributed by atoms with van der Waals surface area (Å²) in [4.78, 5) is 22.0. The fourth-order valence-electron chi connectivity index (χ4n) is 1.09. The van der Waals surface area contributed by atoms with Crippen molar-refractivity contribution >= 4 is 23.3 Å².